The molecule has 0 atom stereocenters. The second-order valence-corrected chi connectivity index (χ2v) is 6.17. The maximum absolute atomic E-state index is 13.0. The van der Waals surface area contributed by atoms with Crippen LogP contribution < -0.4 is 0 Å². The average Bonchev–Trinajstić information content (AvgIpc) is 3.16. The highest BCUT2D eigenvalue weighted by Crippen LogP contribution is 2.20. The van der Waals surface area contributed by atoms with E-state index in [0.717, 1.165) is 12.8 Å². The van der Waals surface area contributed by atoms with Gasteiger partial charge in [-0.05, 0) is 30.7 Å². The van der Waals surface area contributed by atoms with Crippen molar-refractivity contribution < 1.29 is 23.9 Å². The summed E-state index contributed by atoms with van der Waals surface area (Å²) in [6.07, 6.45) is 1.67. The molecule has 144 valence electrons. The van der Waals surface area contributed by atoms with E-state index in [-0.39, 0.29) is 22.7 Å². The first kappa shape index (κ1) is 19.3. The van der Waals surface area contributed by atoms with Crippen molar-refractivity contribution in [3.05, 3.63) is 65.0 Å². The Morgan fingerprint density at radius 1 is 1.04 bits per heavy atom. The molecule has 3 rings (SSSR count). The van der Waals surface area contributed by atoms with Crippen molar-refractivity contribution in [1.82, 2.24) is 9.97 Å². The molecule has 0 amide bonds. The predicted molar refractivity (Wildman–Crippen MR) is 102 cm³/mol. The minimum absolute atomic E-state index is 0.0574. The summed E-state index contributed by atoms with van der Waals surface area (Å²) in [6, 6.07) is 11.4. The first-order valence-electron chi connectivity index (χ1n) is 8.94. The van der Waals surface area contributed by atoms with Crippen molar-refractivity contribution in [1.29, 1.82) is 0 Å². The number of rotatable bonds is 7. The fourth-order valence-electron chi connectivity index (χ4n) is 2.75. The second-order valence-electron chi connectivity index (χ2n) is 6.17. The minimum atomic E-state index is -0.593. The molecule has 0 radical (unpaired) electrons. The van der Waals surface area contributed by atoms with Gasteiger partial charge in [-0.2, -0.15) is 0 Å². The van der Waals surface area contributed by atoms with Gasteiger partial charge in [-0.25, -0.2) is 14.6 Å². The number of imidazole rings is 1. The number of nitrogens with zero attached hydrogens (tertiary/aromatic N) is 1. The van der Waals surface area contributed by atoms with Gasteiger partial charge in [-0.15, -0.1) is 0 Å². The Morgan fingerprint density at radius 3 is 2.50 bits per heavy atom. The SMILES string of the molecule is CCCCOC(=O)c1ccccc1C(=O)c1ccc2nc(C(=O)OC)[nH]c2c1. The summed E-state index contributed by atoms with van der Waals surface area (Å²) in [4.78, 5) is 43.9. The van der Waals surface area contributed by atoms with Gasteiger partial charge in [0, 0.05) is 11.1 Å². The average molecular weight is 380 g/mol. The largest absolute Gasteiger partial charge is 0.463 e. The van der Waals surface area contributed by atoms with Crippen molar-refractivity contribution in [2.75, 3.05) is 13.7 Å². The lowest BCUT2D eigenvalue weighted by molar-refractivity contribution is 0.0496. The number of esters is 2. The smallest absolute Gasteiger partial charge is 0.374 e. The molecule has 7 nitrogen and oxygen atoms in total. The van der Waals surface area contributed by atoms with Gasteiger partial charge in [-0.3, -0.25) is 4.79 Å². The quantitative estimate of drug-likeness (QED) is 0.382. The molecule has 1 aromatic heterocycles. The molecule has 0 bridgehead atoms. The van der Waals surface area contributed by atoms with Gasteiger partial charge in [0.15, 0.2) is 5.78 Å². The van der Waals surface area contributed by atoms with E-state index in [4.69, 9.17) is 4.74 Å². The summed E-state index contributed by atoms with van der Waals surface area (Å²) in [7, 11) is 1.26. The molecular weight excluding hydrogens is 360 g/mol. The molecule has 28 heavy (non-hydrogen) atoms. The number of aromatic amines is 1. The van der Waals surface area contributed by atoms with E-state index in [1.807, 2.05) is 6.92 Å². The van der Waals surface area contributed by atoms with Crippen LogP contribution in [0.25, 0.3) is 11.0 Å². The number of hydrogen-bond donors (Lipinski definition) is 1. The molecule has 2 aromatic carbocycles. The molecule has 0 aliphatic rings. The molecule has 1 heterocycles. The van der Waals surface area contributed by atoms with Gasteiger partial charge in [0.1, 0.15) is 0 Å². The van der Waals surface area contributed by atoms with Crippen LogP contribution in [-0.4, -0.2) is 41.4 Å². The molecule has 7 heteroatoms. The summed E-state index contributed by atoms with van der Waals surface area (Å²) < 4.78 is 9.89. The van der Waals surface area contributed by atoms with Gasteiger partial charge in [-0.1, -0.05) is 31.5 Å². The van der Waals surface area contributed by atoms with E-state index in [1.54, 1.807) is 42.5 Å². The summed E-state index contributed by atoms with van der Waals surface area (Å²) in [5.41, 5.74) is 1.90. The van der Waals surface area contributed by atoms with Crippen LogP contribution in [0, 0.1) is 0 Å². The van der Waals surface area contributed by atoms with Crippen LogP contribution in [0.4, 0.5) is 0 Å². The van der Waals surface area contributed by atoms with Crippen molar-refractivity contribution in [3.8, 4) is 0 Å². The van der Waals surface area contributed by atoms with Crippen molar-refractivity contribution in [3.63, 3.8) is 0 Å². The second kappa shape index (κ2) is 8.47. The molecule has 0 fully saturated rings. The minimum Gasteiger partial charge on any atom is -0.463 e. The molecule has 0 spiro atoms. The van der Waals surface area contributed by atoms with E-state index < -0.39 is 11.9 Å². The molecule has 0 aliphatic heterocycles. The number of carbonyl (C=O) groups excluding carboxylic acids is 3. The fraction of sp³-hybridized carbons (Fsp3) is 0.238. The Kier molecular flexibility index (Phi) is 5.84. The van der Waals surface area contributed by atoms with E-state index in [2.05, 4.69) is 14.7 Å². The van der Waals surface area contributed by atoms with Crippen LogP contribution in [0.15, 0.2) is 42.5 Å². The highest BCUT2D eigenvalue weighted by molar-refractivity contribution is 6.15. The highest BCUT2D eigenvalue weighted by Gasteiger charge is 2.20. The molecule has 0 saturated carbocycles. The van der Waals surface area contributed by atoms with Gasteiger partial charge < -0.3 is 14.5 Å². The number of ketones is 1. The maximum atomic E-state index is 13.0. The Bertz CT molecular complexity index is 1040. The molecule has 3 aromatic rings. The lowest BCUT2D eigenvalue weighted by Gasteiger charge is -2.09. The van der Waals surface area contributed by atoms with Gasteiger partial charge in [0.2, 0.25) is 5.82 Å². The fourth-order valence-corrected chi connectivity index (χ4v) is 2.75. The number of hydrogen-bond acceptors (Lipinski definition) is 6. The van der Waals surface area contributed by atoms with Gasteiger partial charge in [0.25, 0.3) is 0 Å². The highest BCUT2D eigenvalue weighted by atomic mass is 16.5. The Balaban J connectivity index is 1.91. The number of fused-ring (bicyclic) bond motifs is 1. The maximum Gasteiger partial charge on any atom is 0.374 e. The van der Waals surface area contributed by atoms with E-state index >= 15 is 0 Å². The first-order chi connectivity index (χ1) is 13.5. The first-order valence-corrected chi connectivity index (χ1v) is 8.94. The van der Waals surface area contributed by atoms with Crippen LogP contribution in [0.3, 0.4) is 0 Å². The van der Waals surface area contributed by atoms with Gasteiger partial charge in [0.05, 0.1) is 30.3 Å². The summed E-state index contributed by atoms with van der Waals surface area (Å²) in [5, 5.41) is 0. The summed E-state index contributed by atoms with van der Waals surface area (Å²) >= 11 is 0. The van der Waals surface area contributed by atoms with Crippen molar-refractivity contribution in [2.45, 2.75) is 19.8 Å². The molecule has 0 unspecified atom stereocenters. The number of methoxy groups -OCH3 is 1. The van der Waals surface area contributed by atoms with Crippen molar-refractivity contribution >= 4 is 28.8 Å². The third-order valence-electron chi connectivity index (χ3n) is 4.25. The van der Waals surface area contributed by atoms with E-state index in [1.165, 1.54) is 7.11 Å². The molecule has 0 aliphatic carbocycles. The van der Waals surface area contributed by atoms with E-state index in [9.17, 15) is 14.4 Å². The number of carbonyl (C=O) groups is 3. The number of benzene rings is 2. The van der Waals surface area contributed by atoms with Crippen molar-refractivity contribution in [2.24, 2.45) is 0 Å². The van der Waals surface area contributed by atoms with Gasteiger partial charge >= 0.3 is 11.9 Å². The van der Waals surface area contributed by atoms with Crippen LogP contribution in [0.5, 0.6) is 0 Å². The summed E-state index contributed by atoms with van der Waals surface area (Å²) in [5.74, 6) is -1.38. The third kappa shape index (κ3) is 3.93. The normalized spacial score (nSPS) is 10.6. The number of nitrogens with one attached hydrogen (secondary N) is 1. The number of ether oxygens (including phenoxy) is 2. The van der Waals surface area contributed by atoms with Crippen LogP contribution in [0.2, 0.25) is 0 Å². The van der Waals surface area contributed by atoms with Crippen LogP contribution in [0.1, 0.15) is 56.7 Å². The Labute approximate surface area is 161 Å². The monoisotopic (exact) mass is 380 g/mol. The topological polar surface area (TPSA) is 98.4 Å². The zero-order valence-electron chi connectivity index (χ0n) is 15.7. The molecule has 1 N–H and O–H groups in total. The molecule has 0 saturated heterocycles. The summed E-state index contributed by atoms with van der Waals surface area (Å²) in [6.45, 7) is 2.32. The predicted octanol–water partition coefficient (Wildman–Crippen LogP) is 3.54. The van der Waals surface area contributed by atoms with Crippen LogP contribution in [-0.2, 0) is 9.47 Å². The number of unbranched alkanes of at least 4 members (excludes halogenated alkanes) is 1. The number of H-pyrrole nitrogens is 1. The van der Waals surface area contributed by atoms with Crippen LogP contribution >= 0.6 is 0 Å². The van der Waals surface area contributed by atoms with E-state index in [0.29, 0.717) is 23.2 Å². The molecular formula is C21H20N2O5. The third-order valence-corrected chi connectivity index (χ3v) is 4.25. The lowest BCUT2D eigenvalue weighted by atomic mass is 9.98. The Hall–Kier alpha value is -3.48. The lowest BCUT2D eigenvalue weighted by Crippen LogP contribution is -2.13. The number of aromatic nitrogens is 2. The standard InChI is InChI=1S/C21H20N2O5/c1-3-4-11-28-20(25)15-8-6-5-7-14(15)18(24)13-9-10-16-17(12-13)23-19(22-16)21(26)27-2/h5-10,12H,3-4,11H2,1-2H3,(H,22,23). The zero-order valence-corrected chi connectivity index (χ0v) is 15.7. The zero-order chi connectivity index (χ0) is 20.1. The Morgan fingerprint density at radius 2 is 1.79 bits per heavy atom.